The molecular weight excluding hydrogens is 364 g/mol. The Morgan fingerprint density at radius 1 is 1.07 bits per heavy atom. The van der Waals surface area contributed by atoms with Crippen LogP contribution in [0.15, 0.2) is 54.6 Å². The van der Waals surface area contributed by atoms with Crippen LogP contribution in [-0.2, 0) is 4.74 Å². The molecule has 0 spiro atoms. The standard InChI is InChI=1S/C21H26N2O3.ClH/c1-25-11-12-26-20-10-6-5-9-18(20)21(24)23-14-17(13-22)19(15-23)16-7-3-2-4-8-16;/h2-10,17,19H,11-15,22H2,1H3;1H/t17-,19+;/m1./s1. The fourth-order valence-electron chi connectivity index (χ4n) is 3.53. The second-order valence-electron chi connectivity index (χ2n) is 6.56. The molecule has 0 bridgehead atoms. The maximum absolute atomic E-state index is 13.1. The maximum atomic E-state index is 13.1. The number of hydrogen-bond acceptors (Lipinski definition) is 4. The molecule has 1 fully saturated rings. The minimum absolute atomic E-state index is 0. The first-order valence-electron chi connectivity index (χ1n) is 8.99. The predicted molar refractivity (Wildman–Crippen MR) is 109 cm³/mol. The molecule has 0 aromatic heterocycles. The number of para-hydroxylation sites is 1. The van der Waals surface area contributed by atoms with Crippen LogP contribution in [0.5, 0.6) is 5.75 Å². The van der Waals surface area contributed by atoms with Crippen LogP contribution in [0.2, 0.25) is 0 Å². The van der Waals surface area contributed by atoms with Gasteiger partial charge in [-0.2, -0.15) is 0 Å². The molecule has 0 aliphatic carbocycles. The van der Waals surface area contributed by atoms with Crippen molar-refractivity contribution in [2.75, 3.05) is 40.0 Å². The van der Waals surface area contributed by atoms with Crippen molar-refractivity contribution in [3.05, 3.63) is 65.7 Å². The van der Waals surface area contributed by atoms with Gasteiger partial charge in [-0.15, -0.1) is 12.4 Å². The summed E-state index contributed by atoms with van der Waals surface area (Å²) in [6.07, 6.45) is 0. The van der Waals surface area contributed by atoms with Crippen LogP contribution >= 0.6 is 12.4 Å². The van der Waals surface area contributed by atoms with Crippen LogP contribution in [0.25, 0.3) is 0 Å². The number of carbonyl (C=O) groups excluding carboxylic acids is 1. The summed E-state index contributed by atoms with van der Waals surface area (Å²) in [5.41, 5.74) is 7.83. The lowest BCUT2D eigenvalue weighted by Gasteiger charge is -2.19. The fourth-order valence-corrected chi connectivity index (χ4v) is 3.53. The molecule has 1 aliphatic heterocycles. The topological polar surface area (TPSA) is 64.8 Å². The van der Waals surface area contributed by atoms with Gasteiger partial charge in [-0.1, -0.05) is 42.5 Å². The first-order valence-corrected chi connectivity index (χ1v) is 8.99. The summed E-state index contributed by atoms with van der Waals surface area (Å²) in [6, 6.07) is 17.7. The van der Waals surface area contributed by atoms with E-state index in [0.29, 0.717) is 44.2 Å². The Morgan fingerprint density at radius 3 is 2.48 bits per heavy atom. The molecule has 1 aliphatic rings. The minimum Gasteiger partial charge on any atom is -0.490 e. The molecule has 2 aromatic rings. The Labute approximate surface area is 166 Å². The summed E-state index contributed by atoms with van der Waals surface area (Å²) in [4.78, 5) is 15.0. The second-order valence-corrected chi connectivity index (χ2v) is 6.56. The molecule has 0 saturated carbocycles. The molecule has 2 aromatic carbocycles. The van der Waals surface area contributed by atoms with Crippen LogP contribution in [0.4, 0.5) is 0 Å². The van der Waals surface area contributed by atoms with E-state index in [1.807, 2.05) is 47.4 Å². The SMILES string of the molecule is COCCOc1ccccc1C(=O)N1C[C@@H](CN)[C@H](c2ccccc2)C1.Cl. The van der Waals surface area contributed by atoms with Crippen LogP contribution in [0.1, 0.15) is 21.8 Å². The smallest absolute Gasteiger partial charge is 0.257 e. The third kappa shape index (κ3) is 5.01. The zero-order valence-electron chi connectivity index (χ0n) is 15.5. The van der Waals surface area contributed by atoms with Gasteiger partial charge >= 0.3 is 0 Å². The van der Waals surface area contributed by atoms with Crippen molar-refractivity contribution in [2.45, 2.75) is 5.92 Å². The quantitative estimate of drug-likeness (QED) is 0.738. The summed E-state index contributed by atoms with van der Waals surface area (Å²) >= 11 is 0. The van der Waals surface area contributed by atoms with E-state index in [0.717, 1.165) is 0 Å². The number of hydrogen-bond donors (Lipinski definition) is 1. The highest BCUT2D eigenvalue weighted by molar-refractivity contribution is 5.97. The van der Waals surface area contributed by atoms with Gasteiger partial charge in [0.2, 0.25) is 0 Å². The average molecular weight is 391 g/mol. The van der Waals surface area contributed by atoms with Gasteiger partial charge in [0.1, 0.15) is 12.4 Å². The number of nitrogens with two attached hydrogens (primary N) is 1. The Balaban J connectivity index is 0.00000261. The van der Waals surface area contributed by atoms with Gasteiger partial charge in [0.05, 0.1) is 12.2 Å². The van der Waals surface area contributed by atoms with E-state index >= 15 is 0 Å². The largest absolute Gasteiger partial charge is 0.490 e. The van der Waals surface area contributed by atoms with E-state index in [9.17, 15) is 4.79 Å². The average Bonchev–Trinajstić information content (AvgIpc) is 3.13. The zero-order chi connectivity index (χ0) is 18.4. The van der Waals surface area contributed by atoms with E-state index < -0.39 is 0 Å². The van der Waals surface area contributed by atoms with Crippen molar-refractivity contribution in [3.63, 3.8) is 0 Å². The zero-order valence-corrected chi connectivity index (χ0v) is 16.4. The van der Waals surface area contributed by atoms with Crippen molar-refractivity contribution in [3.8, 4) is 5.75 Å². The van der Waals surface area contributed by atoms with Gasteiger partial charge in [-0.3, -0.25) is 4.79 Å². The minimum atomic E-state index is -0.00472. The predicted octanol–water partition coefficient (Wildman–Crippen LogP) is 2.95. The number of amides is 1. The molecule has 146 valence electrons. The molecule has 27 heavy (non-hydrogen) atoms. The van der Waals surface area contributed by atoms with E-state index in [-0.39, 0.29) is 30.2 Å². The molecule has 0 radical (unpaired) electrons. The molecule has 6 heteroatoms. The maximum Gasteiger partial charge on any atom is 0.257 e. The molecule has 2 N–H and O–H groups in total. The molecule has 1 heterocycles. The molecule has 3 rings (SSSR count). The van der Waals surface area contributed by atoms with Crippen LogP contribution in [0, 0.1) is 5.92 Å². The highest BCUT2D eigenvalue weighted by Gasteiger charge is 2.36. The van der Waals surface area contributed by atoms with Gasteiger partial charge in [-0.05, 0) is 30.2 Å². The molecule has 0 unspecified atom stereocenters. The van der Waals surface area contributed by atoms with E-state index in [2.05, 4.69) is 12.1 Å². The number of rotatable bonds is 7. The number of methoxy groups -OCH3 is 1. The normalized spacial score (nSPS) is 18.8. The number of carbonyl (C=O) groups is 1. The van der Waals surface area contributed by atoms with Crippen LogP contribution in [0.3, 0.4) is 0 Å². The number of nitrogens with zero attached hydrogens (tertiary/aromatic N) is 1. The van der Waals surface area contributed by atoms with Gasteiger partial charge in [-0.25, -0.2) is 0 Å². The first kappa shape index (κ1) is 21.2. The fraction of sp³-hybridized carbons (Fsp3) is 0.381. The lowest BCUT2D eigenvalue weighted by Crippen LogP contribution is -2.30. The van der Waals surface area contributed by atoms with E-state index in [1.54, 1.807) is 7.11 Å². The highest BCUT2D eigenvalue weighted by atomic mass is 35.5. The summed E-state index contributed by atoms with van der Waals surface area (Å²) in [5, 5.41) is 0. The van der Waals surface area contributed by atoms with Crippen LogP contribution in [-0.4, -0.2) is 50.8 Å². The molecule has 1 amide bonds. The number of halogens is 1. The Morgan fingerprint density at radius 2 is 1.78 bits per heavy atom. The second kappa shape index (κ2) is 10.3. The van der Waals surface area contributed by atoms with Gasteiger partial charge < -0.3 is 20.1 Å². The van der Waals surface area contributed by atoms with E-state index in [4.69, 9.17) is 15.2 Å². The van der Waals surface area contributed by atoms with Crippen molar-refractivity contribution in [1.29, 1.82) is 0 Å². The van der Waals surface area contributed by atoms with Crippen molar-refractivity contribution >= 4 is 18.3 Å². The first-order chi connectivity index (χ1) is 12.7. The monoisotopic (exact) mass is 390 g/mol. The van der Waals surface area contributed by atoms with Gasteiger partial charge in [0.25, 0.3) is 5.91 Å². The van der Waals surface area contributed by atoms with Gasteiger partial charge in [0, 0.05) is 26.1 Å². The highest BCUT2D eigenvalue weighted by Crippen LogP contribution is 2.33. The van der Waals surface area contributed by atoms with Gasteiger partial charge in [0.15, 0.2) is 0 Å². The molecule has 2 atom stereocenters. The molecular formula is C21H27ClN2O3. The van der Waals surface area contributed by atoms with Crippen molar-refractivity contribution in [1.82, 2.24) is 4.90 Å². The third-order valence-corrected chi connectivity index (χ3v) is 4.92. The number of benzene rings is 2. The lowest BCUT2D eigenvalue weighted by molar-refractivity contribution is 0.0779. The molecule has 1 saturated heterocycles. The Kier molecular flexibility index (Phi) is 8.10. The van der Waals surface area contributed by atoms with Crippen molar-refractivity contribution in [2.24, 2.45) is 11.7 Å². The van der Waals surface area contributed by atoms with E-state index in [1.165, 1.54) is 5.56 Å². The summed E-state index contributed by atoms with van der Waals surface area (Å²) < 4.78 is 10.7. The number of ether oxygens (including phenoxy) is 2. The summed E-state index contributed by atoms with van der Waals surface area (Å²) in [5.74, 6) is 1.13. The summed E-state index contributed by atoms with van der Waals surface area (Å²) in [6.45, 7) is 2.81. The van der Waals surface area contributed by atoms with Crippen LogP contribution < -0.4 is 10.5 Å². The Bertz CT molecular complexity index is 726. The number of likely N-dealkylation sites (tertiary alicyclic amines) is 1. The summed E-state index contributed by atoms with van der Waals surface area (Å²) in [7, 11) is 1.63. The third-order valence-electron chi connectivity index (χ3n) is 4.92. The molecule has 5 nitrogen and oxygen atoms in total. The Hall–Kier alpha value is -2.08. The van der Waals surface area contributed by atoms with Crippen molar-refractivity contribution < 1.29 is 14.3 Å². The lowest BCUT2D eigenvalue weighted by atomic mass is 9.89.